The molecule has 10 heavy (non-hydrogen) atoms. The molecule has 0 radical (unpaired) electrons. The molecule has 0 aliphatic rings. The SMILES string of the molecule is C=P(C)(C)C.C=S(=C)(C)C. The minimum atomic E-state index is -0.667. The van der Waals surface area contributed by atoms with Gasteiger partial charge in [0.25, 0.3) is 0 Å². The third-order valence-electron chi connectivity index (χ3n) is 0. The zero-order valence-electron chi connectivity index (χ0n) is 7.98. The van der Waals surface area contributed by atoms with Gasteiger partial charge in [0.1, 0.15) is 0 Å². The molecule has 0 bridgehead atoms. The van der Waals surface area contributed by atoms with Crippen LogP contribution in [-0.2, 0) is 0 Å². The molecule has 0 aromatic rings. The van der Waals surface area contributed by atoms with Crippen LogP contribution >= 0.6 is 16.1 Å². The Morgan fingerprint density at radius 1 is 1.00 bits per heavy atom. The van der Waals surface area contributed by atoms with Crippen LogP contribution in [0.3, 0.4) is 0 Å². The quantitative estimate of drug-likeness (QED) is 0.396. The second-order valence-corrected chi connectivity index (χ2v) is 12.2. The van der Waals surface area contributed by atoms with Gasteiger partial charge in [-0.2, -0.15) is 0 Å². The molecule has 0 saturated carbocycles. The Bertz CT molecular complexity index is 187. The van der Waals surface area contributed by atoms with E-state index in [9.17, 15) is 0 Å². The zero-order valence-corrected chi connectivity index (χ0v) is 9.69. The molecule has 0 N–H and O–H groups in total. The first-order valence-corrected chi connectivity index (χ1v) is 9.16. The van der Waals surface area contributed by atoms with Crippen LogP contribution in [0.5, 0.6) is 0 Å². The van der Waals surface area contributed by atoms with E-state index >= 15 is 0 Å². The van der Waals surface area contributed by atoms with E-state index in [1.807, 2.05) is 12.5 Å². The fourth-order valence-corrected chi connectivity index (χ4v) is 0. The third-order valence-corrected chi connectivity index (χ3v) is 0. The average Bonchev–Trinajstić information content (AvgIpc) is 1.12. The molecule has 0 nitrogen and oxygen atoms in total. The van der Waals surface area contributed by atoms with E-state index in [4.69, 9.17) is 0 Å². The molecular weight excluding hydrogens is 159 g/mol. The molecule has 0 amide bonds. The highest BCUT2D eigenvalue weighted by molar-refractivity contribution is 8.26. The number of hydrogen-bond acceptors (Lipinski definition) is 0. The van der Waals surface area contributed by atoms with E-state index in [1.165, 1.54) is 0 Å². The molecule has 0 aromatic heterocycles. The summed E-state index contributed by atoms with van der Waals surface area (Å²) >= 11 is 0. The zero-order chi connectivity index (χ0) is 9.00. The van der Waals surface area contributed by atoms with Gasteiger partial charge in [0.05, 0.1) is 0 Å². The first-order valence-electron chi connectivity index (χ1n) is 3.05. The lowest BCUT2D eigenvalue weighted by molar-refractivity contribution is 2.11. The molecular formula is C8H21PS. The van der Waals surface area contributed by atoms with Crippen LogP contribution in [0.25, 0.3) is 0 Å². The molecule has 0 aliphatic carbocycles. The lowest BCUT2D eigenvalue weighted by Crippen LogP contribution is -1.62. The maximum atomic E-state index is 3.88. The molecule has 0 heterocycles. The van der Waals surface area contributed by atoms with Gasteiger partial charge in [0.2, 0.25) is 0 Å². The monoisotopic (exact) mass is 180 g/mol. The Hall–Kier alpha value is 0.390. The Balaban J connectivity index is 0. The van der Waals surface area contributed by atoms with Crippen LogP contribution in [0.4, 0.5) is 0 Å². The summed E-state index contributed by atoms with van der Waals surface area (Å²) in [5, 5.41) is 0. The van der Waals surface area contributed by atoms with Gasteiger partial charge in [0, 0.05) is 0 Å². The van der Waals surface area contributed by atoms with Crippen LogP contribution in [0.15, 0.2) is 0 Å². The minimum absolute atomic E-state index is 0.639. The lowest BCUT2D eigenvalue weighted by atomic mass is 11.8. The van der Waals surface area contributed by atoms with Gasteiger partial charge in [-0.15, -0.1) is 13.2 Å². The number of hydrogen-bond donors (Lipinski definition) is 0. The predicted octanol–water partition coefficient (Wildman–Crippen LogP) is 2.24. The van der Waals surface area contributed by atoms with E-state index in [2.05, 4.69) is 38.0 Å². The van der Waals surface area contributed by atoms with Crippen molar-refractivity contribution in [3.8, 4) is 0 Å². The first-order chi connectivity index (χ1) is 4.00. The van der Waals surface area contributed by atoms with Gasteiger partial charge < -0.3 is 0 Å². The van der Waals surface area contributed by atoms with Crippen LogP contribution in [0.2, 0.25) is 0 Å². The van der Waals surface area contributed by atoms with Gasteiger partial charge in [-0.25, -0.2) is 9.21 Å². The molecule has 64 valence electrons. The first kappa shape index (κ1) is 13.0. The average molecular weight is 180 g/mol. The summed E-state index contributed by atoms with van der Waals surface area (Å²) < 4.78 is 0. The maximum Gasteiger partial charge on any atom is -0.0289 e. The minimum Gasteiger partial charge on any atom is -0.220 e. The third kappa shape index (κ3) is 3010. The number of rotatable bonds is 0. The summed E-state index contributed by atoms with van der Waals surface area (Å²) in [6.07, 6.45) is 7.98. The second-order valence-electron chi connectivity index (χ2n) is 4.06. The van der Waals surface area contributed by atoms with E-state index < -0.39 is 16.1 Å². The maximum absolute atomic E-state index is 3.88. The van der Waals surface area contributed by atoms with Gasteiger partial charge in [0.15, 0.2) is 0 Å². The summed E-state index contributed by atoms with van der Waals surface area (Å²) in [6.45, 7) is 5.92. The molecule has 0 spiro atoms. The summed E-state index contributed by atoms with van der Waals surface area (Å²) in [7, 11) is -0.667. The van der Waals surface area contributed by atoms with Crippen LogP contribution < -0.4 is 0 Å². The van der Waals surface area contributed by atoms with Gasteiger partial charge >= 0.3 is 0 Å². The summed E-state index contributed by atoms with van der Waals surface area (Å²) in [4.78, 5) is 0. The summed E-state index contributed by atoms with van der Waals surface area (Å²) in [5.74, 6) is 7.49. The molecule has 0 fully saturated rings. The molecule has 0 atom stereocenters. The second kappa shape index (κ2) is 4.31. The summed E-state index contributed by atoms with van der Waals surface area (Å²) in [6, 6.07) is 0. The molecule has 0 aromatic carbocycles. The van der Waals surface area contributed by atoms with Crippen LogP contribution in [-0.4, -0.2) is 50.5 Å². The van der Waals surface area contributed by atoms with Crippen LogP contribution in [0, 0.1) is 0 Å². The van der Waals surface area contributed by atoms with Crippen LogP contribution in [0.1, 0.15) is 0 Å². The smallest absolute Gasteiger partial charge is 0.0289 e. The van der Waals surface area contributed by atoms with Gasteiger partial charge in [-0.05, 0) is 32.5 Å². The Morgan fingerprint density at radius 3 is 1.00 bits per heavy atom. The Morgan fingerprint density at radius 2 is 1.00 bits per heavy atom. The molecule has 0 aliphatic heterocycles. The van der Waals surface area contributed by atoms with Crippen molar-refractivity contribution in [3.63, 3.8) is 0 Å². The standard InChI is InChI=1S/C4H11P.C4H10S/c2*1-5(2,3)4/h1H2,2-4H3;1-2H2,3-4H3. The molecule has 0 unspecified atom stereocenters. The fourth-order valence-electron chi connectivity index (χ4n) is 0. The van der Waals surface area contributed by atoms with Gasteiger partial charge in [-0.1, -0.05) is 11.7 Å². The normalized spacial score (nSPS) is 11.7. The van der Waals surface area contributed by atoms with Crippen molar-refractivity contribution in [2.24, 2.45) is 0 Å². The largest absolute Gasteiger partial charge is 0.220 e. The highest BCUT2D eigenvalue weighted by Gasteiger charge is 1.79. The predicted molar refractivity (Wildman–Crippen MR) is 65.5 cm³/mol. The van der Waals surface area contributed by atoms with E-state index in [0.717, 1.165) is 0 Å². The lowest BCUT2D eigenvalue weighted by Gasteiger charge is -1.96. The van der Waals surface area contributed by atoms with Crippen molar-refractivity contribution in [1.82, 2.24) is 0 Å². The van der Waals surface area contributed by atoms with Crippen molar-refractivity contribution in [1.29, 1.82) is 0 Å². The summed E-state index contributed by atoms with van der Waals surface area (Å²) in [5.41, 5.74) is 0. The highest BCUT2D eigenvalue weighted by Crippen LogP contribution is 2.27. The topological polar surface area (TPSA) is 0 Å². The van der Waals surface area contributed by atoms with Crippen molar-refractivity contribution < 1.29 is 0 Å². The highest BCUT2D eigenvalue weighted by atomic mass is 32.2. The Kier molecular flexibility index (Phi) is 5.60. The molecule has 0 rings (SSSR count). The van der Waals surface area contributed by atoms with E-state index in [1.54, 1.807) is 0 Å². The van der Waals surface area contributed by atoms with Crippen molar-refractivity contribution in [2.75, 3.05) is 32.5 Å². The Labute approximate surface area is 67.1 Å². The van der Waals surface area contributed by atoms with Crippen molar-refractivity contribution in [3.05, 3.63) is 0 Å². The van der Waals surface area contributed by atoms with Gasteiger partial charge in [-0.3, -0.25) is 0 Å². The van der Waals surface area contributed by atoms with E-state index in [0.29, 0.717) is 0 Å². The molecule has 0 saturated heterocycles. The van der Waals surface area contributed by atoms with Crippen molar-refractivity contribution >= 4 is 34.1 Å². The van der Waals surface area contributed by atoms with Crippen molar-refractivity contribution in [2.45, 2.75) is 0 Å². The fraction of sp³-hybridized carbons (Fsp3) is 0.625. The van der Waals surface area contributed by atoms with E-state index in [-0.39, 0.29) is 0 Å². The molecule has 2 heteroatoms.